The summed E-state index contributed by atoms with van der Waals surface area (Å²) in [5.74, 6) is 0.0647. The second-order valence-electron chi connectivity index (χ2n) is 6.35. The van der Waals surface area contributed by atoms with E-state index < -0.39 is 10.3 Å². The molecule has 2 N–H and O–H groups in total. The molecule has 0 radical (unpaired) electrons. The summed E-state index contributed by atoms with van der Waals surface area (Å²) in [6, 6.07) is 5.85. The summed E-state index contributed by atoms with van der Waals surface area (Å²) < 4.78 is 1.46. The molecule has 0 bridgehead atoms. The van der Waals surface area contributed by atoms with Gasteiger partial charge in [-0.3, -0.25) is 10.1 Å². The second-order valence-corrected chi connectivity index (χ2v) is 6.35. The second kappa shape index (κ2) is 4.87. The number of nitrogens with zero attached hydrogens (tertiary/aromatic N) is 3. The van der Waals surface area contributed by atoms with Gasteiger partial charge in [0.1, 0.15) is 5.69 Å². The van der Waals surface area contributed by atoms with Gasteiger partial charge in [-0.05, 0) is 37.1 Å². The molecule has 0 aliphatic carbocycles. The largest absolute Gasteiger partial charge is 0.378 e. The number of nitrogen functional groups attached to an aromatic ring is 1. The van der Waals surface area contributed by atoms with Crippen LogP contribution >= 0.6 is 0 Å². The monoisotopic (exact) mass is 288 g/mol. The van der Waals surface area contributed by atoms with Crippen LogP contribution in [0.5, 0.6) is 0 Å². The summed E-state index contributed by atoms with van der Waals surface area (Å²) in [5, 5.41) is 15.7. The Morgan fingerprint density at radius 3 is 2.10 bits per heavy atom. The third kappa shape index (κ3) is 2.74. The van der Waals surface area contributed by atoms with E-state index in [9.17, 15) is 10.1 Å². The number of nitro groups is 1. The van der Waals surface area contributed by atoms with Gasteiger partial charge < -0.3 is 5.73 Å². The Balaban J connectivity index is 2.74. The Morgan fingerprint density at radius 2 is 1.71 bits per heavy atom. The molecule has 6 nitrogen and oxygen atoms in total. The fourth-order valence-corrected chi connectivity index (χ4v) is 2.38. The van der Waals surface area contributed by atoms with E-state index in [1.165, 1.54) is 4.68 Å². The number of aryl methyl sites for hydroxylation is 2. The Labute approximate surface area is 123 Å². The van der Waals surface area contributed by atoms with Gasteiger partial charge >= 0.3 is 5.69 Å². The van der Waals surface area contributed by atoms with Crippen LogP contribution in [-0.4, -0.2) is 14.7 Å². The minimum atomic E-state index is -0.458. The van der Waals surface area contributed by atoms with Gasteiger partial charge in [0.25, 0.3) is 0 Å². The van der Waals surface area contributed by atoms with Crippen LogP contribution in [0.4, 0.5) is 11.5 Å². The van der Waals surface area contributed by atoms with Crippen LogP contribution in [0.1, 0.15) is 37.6 Å². The van der Waals surface area contributed by atoms with Crippen molar-refractivity contribution in [2.24, 2.45) is 0 Å². The van der Waals surface area contributed by atoms with Crippen LogP contribution in [0.25, 0.3) is 5.69 Å². The highest BCUT2D eigenvalue weighted by Crippen LogP contribution is 2.36. The standard InChI is InChI=1S/C15H20N4O2/c1-9-6-10(2)8-11(7-9)18-14(16)12(19(20)21)13(17-18)15(3,4)5/h6-8H,16H2,1-5H3. The predicted molar refractivity (Wildman–Crippen MR) is 82.8 cm³/mol. The van der Waals surface area contributed by atoms with Gasteiger partial charge in [0.05, 0.1) is 10.6 Å². The molecule has 0 aliphatic rings. The van der Waals surface area contributed by atoms with Crippen LogP contribution in [0.3, 0.4) is 0 Å². The normalized spacial score (nSPS) is 11.7. The summed E-state index contributed by atoms with van der Waals surface area (Å²) >= 11 is 0. The van der Waals surface area contributed by atoms with E-state index >= 15 is 0 Å². The third-order valence-electron chi connectivity index (χ3n) is 3.24. The number of hydrogen-bond donors (Lipinski definition) is 1. The molecule has 2 rings (SSSR count). The molecule has 1 aromatic carbocycles. The predicted octanol–water partition coefficient (Wildman–Crippen LogP) is 3.28. The molecule has 0 spiro atoms. The van der Waals surface area contributed by atoms with E-state index in [-0.39, 0.29) is 11.5 Å². The van der Waals surface area contributed by atoms with Crippen LogP contribution in [0, 0.1) is 24.0 Å². The molecule has 0 amide bonds. The molecule has 0 unspecified atom stereocenters. The molecular formula is C15H20N4O2. The maximum Gasteiger partial charge on any atom is 0.334 e. The van der Waals surface area contributed by atoms with Gasteiger partial charge in [-0.2, -0.15) is 5.10 Å². The first kappa shape index (κ1) is 15.0. The summed E-state index contributed by atoms with van der Waals surface area (Å²) in [7, 11) is 0. The molecule has 1 aromatic heterocycles. The number of benzene rings is 1. The van der Waals surface area contributed by atoms with Crippen molar-refractivity contribution in [3.8, 4) is 5.69 Å². The molecule has 6 heteroatoms. The summed E-state index contributed by atoms with van der Waals surface area (Å²) in [5.41, 5.74) is 8.67. The fraction of sp³-hybridized carbons (Fsp3) is 0.400. The van der Waals surface area contributed by atoms with Crippen molar-refractivity contribution in [3.05, 3.63) is 45.1 Å². The fourth-order valence-electron chi connectivity index (χ4n) is 2.38. The molecule has 112 valence electrons. The van der Waals surface area contributed by atoms with Crippen molar-refractivity contribution in [2.75, 3.05) is 5.73 Å². The Hall–Kier alpha value is -2.37. The molecule has 0 saturated carbocycles. The molecule has 0 aliphatic heterocycles. The first-order valence-corrected chi connectivity index (χ1v) is 6.73. The highest BCUT2D eigenvalue weighted by Gasteiger charge is 2.33. The lowest BCUT2D eigenvalue weighted by Crippen LogP contribution is -2.14. The topological polar surface area (TPSA) is 87.0 Å². The van der Waals surface area contributed by atoms with Gasteiger partial charge in [0.2, 0.25) is 5.82 Å². The lowest BCUT2D eigenvalue weighted by Gasteiger charge is -2.13. The van der Waals surface area contributed by atoms with E-state index in [1.807, 2.05) is 52.8 Å². The average molecular weight is 288 g/mol. The maximum absolute atomic E-state index is 11.3. The Morgan fingerprint density at radius 1 is 1.19 bits per heavy atom. The van der Waals surface area contributed by atoms with Gasteiger partial charge in [-0.25, -0.2) is 4.68 Å². The summed E-state index contributed by atoms with van der Waals surface area (Å²) in [6.07, 6.45) is 0. The van der Waals surface area contributed by atoms with Crippen molar-refractivity contribution in [3.63, 3.8) is 0 Å². The number of nitrogens with two attached hydrogens (primary N) is 1. The van der Waals surface area contributed by atoms with Crippen molar-refractivity contribution >= 4 is 11.5 Å². The molecule has 0 atom stereocenters. The quantitative estimate of drug-likeness (QED) is 0.678. The van der Waals surface area contributed by atoms with Gasteiger partial charge in [0, 0.05) is 5.41 Å². The molecular weight excluding hydrogens is 268 g/mol. The highest BCUT2D eigenvalue weighted by atomic mass is 16.6. The van der Waals surface area contributed by atoms with E-state index in [0.717, 1.165) is 16.8 Å². The zero-order valence-electron chi connectivity index (χ0n) is 13.0. The number of aromatic nitrogens is 2. The molecule has 21 heavy (non-hydrogen) atoms. The Kier molecular flexibility index (Phi) is 3.49. The number of rotatable bonds is 2. The summed E-state index contributed by atoms with van der Waals surface area (Å²) in [6.45, 7) is 9.58. The molecule has 2 aromatic rings. The van der Waals surface area contributed by atoms with Crippen molar-refractivity contribution < 1.29 is 4.92 Å². The van der Waals surface area contributed by atoms with E-state index in [0.29, 0.717) is 5.69 Å². The maximum atomic E-state index is 11.3. The zero-order chi connectivity index (χ0) is 15.9. The first-order valence-electron chi connectivity index (χ1n) is 6.73. The lowest BCUT2D eigenvalue weighted by molar-refractivity contribution is -0.385. The minimum Gasteiger partial charge on any atom is -0.378 e. The minimum absolute atomic E-state index is 0.0647. The van der Waals surface area contributed by atoms with Crippen LogP contribution < -0.4 is 5.73 Å². The average Bonchev–Trinajstić information content (AvgIpc) is 2.65. The lowest BCUT2D eigenvalue weighted by atomic mass is 9.91. The number of anilines is 1. The molecule has 0 fully saturated rings. The first-order chi connectivity index (χ1) is 9.61. The highest BCUT2D eigenvalue weighted by molar-refractivity contribution is 5.62. The number of hydrogen-bond acceptors (Lipinski definition) is 4. The molecule has 1 heterocycles. The van der Waals surface area contributed by atoms with Gasteiger partial charge in [-0.15, -0.1) is 0 Å². The van der Waals surface area contributed by atoms with Gasteiger partial charge in [0.15, 0.2) is 0 Å². The van der Waals surface area contributed by atoms with Crippen LogP contribution in [-0.2, 0) is 5.41 Å². The van der Waals surface area contributed by atoms with Crippen molar-refractivity contribution in [2.45, 2.75) is 40.0 Å². The van der Waals surface area contributed by atoms with E-state index in [4.69, 9.17) is 5.73 Å². The van der Waals surface area contributed by atoms with Crippen molar-refractivity contribution in [1.29, 1.82) is 0 Å². The SMILES string of the molecule is Cc1cc(C)cc(-n2nc(C(C)(C)C)c([N+](=O)[O-])c2N)c1. The third-order valence-corrected chi connectivity index (χ3v) is 3.24. The molecule has 0 saturated heterocycles. The van der Waals surface area contributed by atoms with E-state index in [2.05, 4.69) is 5.10 Å². The van der Waals surface area contributed by atoms with Crippen LogP contribution in [0.2, 0.25) is 0 Å². The smallest absolute Gasteiger partial charge is 0.334 e. The van der Waals surface area contributed by atoms with Crippen molar-refractivity contribution in [1.82, 2.24) is 9.78 Å². The van der Waals surface area contributed by atoms with E-state index in [1.54, 1.807) is 0 Å². The van der Waals surface area contributed by atoms with Gasteiger partial charge in [-0.1, -0.05) is 26.8 Å². The summed E-state index contributed by atoms with van der Waals surface area (Å²) in [4.78, 5) is 10.9. The Bertz CT molecular complexity index is 691. The van der Waals surface area contributed by atoms with Crippen LogP contribution in [0.15, 0.2) is 18.2 Å². The zero-order valence-corrected chi connectivity index (χ0v) is 13.0.